The first kappa shape index (κ1) is 13.1. The zero-order valence-electron chi connectivity index (χ0n) is 9.93. The maximum absolute atomic E-state index is 13.7. The van der Waals surface area contributed by atoms with Gasteiger partial charge in [-0.1, -0.05) is 0 Å². The average Bonchev–Trinajstić information content (AvgIpc) is 2.99. The van der Waals surface area contributed by atoms with Crippen molar-refractivity contribution in [3.05, 3.63) is 34.9 Å². The van der Waals surface area contributed by atoms with Gasteiger partial charge < -0.3 is 7.85 Å². The van der Waals surface area contributed by atoms with E-state index in [0.29, 0.717) is 23.5 Å². The standard InChI is InChI=1S/C11H6BF5N3/c12-11-19-3-1-2-4(19)18-20(11)10-8(16)6(14)5(13)7(15)9(10)17/h1-3H2. The van der Waals surface area contributed by atoms with Crippen LogP contribution >= 0.6 is 0 Å². The molecule has 0 aliphatic carbocycles. The van der Waals surface area contributed by atoms with E-state index in [1.807, 2.05) is 0 Å². The van der Waals surface area contributed by atoms with Crippen LogP contribution in [-0.2, 0) is 13.0 Å². The van der Waals surface area contributed by atoms with Gasteiger partial charge in [0.05, 0.1) is 6.54 Å². The molecule has 1 aromatic heterocycles. The van der Waals surface area contributed by atoms with Crippen LogP contribution in [-0.4, -0.2) is 17.6 Å². The number of aromatic nitrogens is 3. The van der Waals surface area contributed by atoms with Gasteiger partial charge in [-0.3, -0.25) is 4.57 Å². The second-order valence-corrected chi connectivity index (χ2v) is 4.36. The van der Waals surface area contributed by atoms with Gasteiger partial charge in [-0.05, 0) is 12.1 Å². The van der Waals surface area contributed by atoms with Gasteiger partial charge in [-0.2, -0.15) is 8.78 Å². The first-order valence-electron chi connectivity index (χ1n) is 5.72. The highest BCUT2D eigenvalue weighted by molar-refractivity contribution is 6.28. The smallest absolute Gasteiger partial charge is 0.274 e. The summed E-state index contributed by atoms with van der Waals surface area (Å²) >= 11 is 0. The van der Waals surface area contributed by atoms with E-state index in [9.17, 15) is 22.0 Å². The molecule has 0 amide bonds. The van der Waals surface area contributed by atoms with Gasteiger partial charge in [-0.25, -0.2) is 13.2 Å². The lowest BCUT2D eigenvalue weighted by atomic mass is 10.1. The molecule has 0 bridgehead atoms. The molecule has 103 valence electrons. The topological polar surface area (TPSA) is 21.7 Å². The van der Waals surface area contributed by atoms with Gasteiger partial charge in [0.25, 0.3) is 5.82 Å². The summed E-state index contributed by atoms with van der Waals surface area (Å²) in [6.45, 7) is 0.483. The Bertz CT molecular complexity index is 699. The molecule has 20 heavy (non-hydrogen) atoms. The summed E-state index contributed by atoms with van der Waals surface area (Å²) in [6, 6.07) is 0. The second-order valence-electron chi connectivity index (χ2n) is 4.36. The minimum absolute atomic E-state index is 0.180. The van der Waals surface area contributed by atoms with Crippen LogP contribution in [0.15, 0.2) is 0 Å². The van der Waals surface area contributed by atoms with Crippen molar-refractivity contribution in [1.29, 1.82) is 0 Å². The number of halogens is 5. The van der Waals surface area contributed by atoms with Gasteiger partial charge in [0.2, 0.25) is 34.8 Å². The van der Waals surface area contributed by atoms with Crippen molar-refractivity contribution in [2.75, 3.05) is 0 Å². The summed E-state index contributed by atoms with van der Waals surface area (Å²) in [7, 11) is 5.65. The van der Waals surface area contributed by atoms with E-state index in [4.69, 9.17) is 7.85 Å². The molecule has 0 unspecified atom stereocenters. The Morgan fingerprint density at radius 3 is 2.05 bits per heavy atom. The normalized spacial score (nSPS) is 13.9. The molecular formula is C11H6BF5N3. The zero-order valence-corrected chi connectivity index (χ0v) is 9.93. The summed E-state index contributed by atoms with van der Waals surface area (Å²) in [4.78, 5) is 0. The number of nitrogens with zero attached hydrogens (tertiary/aromatic N) is 3. The molecule has 0 atom stereocenters. The van der Waals surface area contributed by atoms with E-state index in [2.05, 4.69) is 5.10 Å². The molecule has 3 radical (unpaired) electrons. The van der Waals surface area contributed by atoms with Crippen LogP contribution in [0.25, 0.3) is 5.69 Å². The minimum atomic E-state index is -2.21. The Morgan fingerprint density at radius 2 is 1.50 bits per heavy atom. The molecule has 1 aliphatic heterocycles. The van der Waals surface area contributed by atoms with Crippen LogP contribution in [0, 0.1) is 29.1 Å². The van der Waals surface area contributed by atoms with Crippen LogP contribution in [0.3, 0.4) is 0 Å². The van der Waals surface area contributed by atoms with Gasteiger partial charge in [0.1, 0.15) is 0 Å². The van der Waals surface area contributed by atoms with E-state index in [-0.39, 0.29) is 5.72 Å². The lowest BCUT2D eigenvalue weighted by Gasteiger charge is -2.10. The first-order chi connectivity index (χ1) is 9.43. The Balaban J connectivity index is 2.31. The SMILES string of the molecule is [B-]c1n(-c2c(F)c(F)c(F)c(F)c2F)nc2[n+]1CCC2. The van der Waals surface area contributed by atoms with Gasteiger partial charge in [0, 0.05) is 11.5 Å². The predicted molar refractivity (Wildman–Crippen MR) is 57.3 cm³/mol. The number of rotatable bonds is 1. The number of benzene rings is 1. The zero-order chi connectivity index (χ0) is 14.6. The molecule has 0 saturated heterocycles. The van der Waals surface area contributed by atoms with Gasteiger partial charge in [0.15, 0.2) is 0 Å². The van der Waals surface area contributed by atoms with Crippen molar-refractivity contribution in [2.45, 2.75) is 19.4 Å². The highest BCUT2D eigenvalue weighted by Crippen LogP contribution is 2.25. The average molecular weight is 286 g/mol. The summed E-state index contributed by atoms with van der Waals surface area (Å²) in [5.74, 6) is -9.76. The highest BCUT2D eigenvalue weighted by Gasteiger charge is 2.32. The van der Waals surface area contributed by atoms with E-state index >= 15 is 0 Å². The maximum Gasteiger partial charge on any atom is 0.274 e. The second kappa shape index (κ2) is 4.29. The molecule has 0 N–H and O–H groups in total. The Hall–Kier alpha value is -1.93. The Morgan fingerprint density at radius 1 is 0.950 bits per heavy atom. The highest BCUT2D eigenvalue weighted by atomic mass is 19.2. The van der Waals surface area contributed by atoms with E-state index in [1.165, 1.54) is 4.57 Å². The number of fused-ring (bicyclic) bond motifs is 1. The number of aryl methyl sites for hydroxylation is 1. The van der Waals surface area contributed by atoms with Crippen molar-refractivity contribution < 1.29 is 26.5 Å². The van der Waals surface area contributed by atoms with Crippen LogP contribution < -0.4 is 10.3 Å². The summed E-state index contributed by atoms with van der Waals surface area (Å²) in [6.07, 6.45) is 1.27. The molecule has 1 aromatic carbocycles. The van der Waals surface area contributed by atoms with Crippen molar-refractivity contribution in [2.24, 2.45) is 0 Å². The predicted octanol–water partition coefficient (Wildman–Crippen LogP) is 0.595. The Labute approximate surface area is 111 Å². The largest absolute Gasteiger partial charge is 0.478 e. The fourth-order valence-corrected chi connectivity index (χ4v) is 2.23. The third-order valence-electron chi connectivity index (χ3n) is 3.20. The molecule has 2 heterocycles. The maximum atomic E-state index is 13.7. The third kappa shape index (κ3) is 1.58. The van der Waals surface area contributed by atoms with Crippen LogP contribution in [0.4, 0.5) is 22.0 Å². The lowest BCUT2D eigenvalue weighted by molar-refractivity contribution is -0.673. The summed E-state index contributed by atoms with van der Waals surface area (Å²) in [5.41, 5.74) is -1.35. The quantitative estimate of drug-likeness (QED) is 0.247. The fraction of sp³-hybridized carbons (Fsp3) is 0.273. The monoisotopic (exact) mass is 286 g/mol. The summed E-state index contributed by atoms with van der Waals surface area (Å²) < 4.78 is 68.7. The van der Waals surface area contributed by atoms with Crippen molar-refractivity contribution in [3.8, 4) is 5.69 Å². The van der Waals surface area contributed by atoms with Crippen molar-refractivity contribution in [1.82, 2.24) is 9.78 Å². The van der Waals surface area contributed by atoms with E-state index < -0.39 is 34.8 Å². The van der Waals surface area contributed by atoms with Crippen LogP contribution in [0.5, 0.6) is 0 Å². The molecule has 0 spiro atoms. The minimum Gasteiger partial charge on any atom is -0.478 e. The molecule has 1 aliphatic rings. The van der Waals surface area contributed by atoms with Crippen LogP contribution in [0.2, 0.25) is 0 Å². The Kier molecular flexibility index (Phi) is 2.80. The van der Waals surface area contributed by atoms with Gasteiger partial charge in [-0.15, -0.1) is 4.68 Å². The van der Waals surface area contributed by atoms with E-state index in [0.717, 1.165) is 6.42 Å². The molecule has 0 fully saturated rings. The molecular weight excluding hydrogens is 280 g/mol. The van der Waals surface area contributed by atoms with Gasteiger partial charge >= 0.3 is 0 Å². The summed E-state index contributed by atoms with van der Waals surface area (Å²) in [5, 5.41) is 3.81. The van der Waals surface area contributed by atoms with Crippen molar-refractivity contribution >= 4 is 13.6 Å². The number of hydrogen-bond acceptors (Lipinski definition) is 1. The molecule has 2 aromatic rings. The van der Waals surface area contributed by atoms with Crippen molar-refractivity contribution in [3.63, 3.8) is 0 Å². The first-order valence-corrected chi connectivity index (χ1v) is 5.72. The molecule has 3 nitrogen and oxygen atoms in total. The molecule has 3 rings (SSSR count). The molecule has 0 saturated carbocycles. The van der Waals surface area contributed by atoms with Crippen LogP contribution in [0.1, 0.15) is 12.2 Å². The fourth-order valence-electron chi connectivity index (χ4n) is 2.23. The lowest BCUT2D eigenvalue weighted by Crippen LogP contribution is -2.49. The number of hydrogen-bond donors (Lipinski definition) is 0. The molecule has 9 heteroatoms. The van der Waals surface area contributed by atoms with E-state index in [1.54, 1.807) is 0 Å². The third-order valence-corrected chi connectivity index (χ3v) is 3.20.